The van der Waals surface area contributed by atoms with Gasteiger partial charge in [0.25, 0.3) is 0 Å². The highest BCUT2D eigenvalue weighted by Gasteiger charge is 2.27. The first-order valence-electron chi connectivity index (χ1n) is 7.43. The highest BCUT2D eigenvalue weighted by molar-refractivity contribution is 6.30. The minimum Gasteiger partial charge on any atom is -0.380 e. The number of nitrogens with one attached hydrogen (secondary N) is 1. The van der Waals surface area contributed by atoms with Gasteiger partial charge in [0.1, 0.15) is 16.8 Å². The molecular weight excluding hydrogens is 274 g/mol. The smallest absolute Gasteiger partial charge is 0.137 e. The first-order valence-corrected chi connectivity index (χ1v) is 7.81. The third-order valence-electron chi connectivity index (χ3n) is 3.42. The number of anilines is 1. The van der Waals surface area contributed by atoms with E-state index in [1.54, 1.807) is 0 Å². The van der Waals surface area contributed by atoms with Crippen molar-refractivity contribution in [2.75, 3.05) is 25.1 Å². The molecule has 0 saturated heterocycles. The van der Waals surface area contributed by atoms with E-state index in [0.29, 0.717) is 23.6 Å². The van der Waals surface area contributed by atoms with E-state index in [0.717, 1.165) is 36.8 Å². The van der Waals surface area contributed by atoms with Crippen LogP contribution < -0.4 is 5.32 Å². The molecule has 5 heteroatoms. The molecule has 0 bridgehead atoms. The molecule has 1 aliphatic carbocycles. The predicted octanol–water partition coefficient (Wildman–Crippen LogP) is 3.79. The third-order valence-corrected chi connectivity index (χ3v) is 3.79. The lowest BCUT2D eigenvalue weighted by Gasteiger charge is -2.12. The summed E-state index contributed by atoms with van der Waals surface area (Å²) in [6, 6.07) is 0. The number of hydrogen-bond donors (Lipinski definition) is 1. The SMILES string of the molecule is Cc1c(Cl)nc(C2CC2)nc1NCCOCCC(C)C. The van der Waals surface area contributed by atoms with Crippen molar-refractivity contribution in [3.63, 3.8) is 0 Å². The topological polar surface area (TPSA) is 47.0 Å². The first-order chi connectivity index (χ1) is 9.58. The van der Waals surface area contributed by atoms with Gasteiger partial charge >= 0.3 is 0 Å². The van der Waals surface area contributed by atoms with Crippen LogP contribution in [0.5, 0.6) is 0 Å². The maximum absolute atomic E-state index is 6.17. The van der Waals surface area contributed by atoms with Crippen LogP contribution in [0.2, 0.25) is 5.15 Å². The average molecular weight is 298 g/mol. The normalized spacial score (nSPS) is 14.8. The van der Waals surface area contributed by atoms with E-state index in [9.17, 15) is 0 Å². The van der Waals surface area contributed by atoms with Crippen molar-refractivity contribution in [3.8, 4) is 0 Å². The van der Waals surface area contributed by atoms with Gasteiger partial charge in [-0.05, 0) is 32.1 Å². The van der Waals surface area contributed by atoms with Crippen LogP contribution >= 0.6 is 11.6 Å². The zero-order chi connectivity index (χ0) is 14.5. The molecule has 0 unspecified atom stereocenters. The maximum Gasteiger partial charge on any atom is 0.137 e. The predicted molar refractivity (Wildman–Crippen MR) is 82.5 cm³/mol. The molecule has 0 atom stereocenters. The Morgan fingerprint density at radius 1 is 1.30 bits per heavy atom. The van der Waals surface area contributed by atoms with Crippen molar-refractivity contribution in [2.24, 2.45) is 5.92 Å². The van der Waals surface area contributed by atoms with Crippen molar-refractivity contribution in [1.82, 2.24) is 9.97 Å². The molecule has 0 spiro atoms. The van der Waals surface area contributed by atoms with Crippen LogP contribution in [0.25, 0.3) is 0 Å². The van der Waals surface area contributed by atoms with Crippen LogP contribution in [0.15, 0.2) is 0 Å². The number of halogens is 1. The summed E-state index contributed by atoms with van der Waals surface area (Å²) >= 11 is 6.17. The van der Waals surface area contributed by atoms with Gasteiger partial charge in [0, 0.05) is 24.6 Å². The second-order valence-corrected chi connectivity index (χ2v) is 6.20. The van der Waals surface area contributed by atoms with Gasteiger partial charge in [0.2, 0.25) is 0 Å². The molecule has 0 aliphatic heterocycles. The number of nitrogens with zero attached hydrogens (tertiary/aromatic N) is 2. The molecule has 1 aliphatic rings. The number of rotatable bonds is 8. The van der Waals surface area contributed by atoms with Crippen molar-refractivity contribution in [3.05, 3.63) is 16.5 Å². The lowest BCUT2D eigenvalue weighted by molar-refractivity contribution is 0.132. The van der Waals surface area contributed by atoms with Crippen LogP contribution in [0, 0.1) is 12.8 Å². The fourth-order valence-corrected chi connectivity index (χ4v) is 2.04. The fraction of sp³-hybridized carbons (Fsp3) is 0.733. The van der Waals surface area contributed by atoms with Crippen LogP contribution in [0.3, 0.4) is 0 Å². The number of ether oxygens (including phenoxy) is 1. The molecule has 1 aromatic heterocycles. The molecular formula is C15H24ClN3O. The lowest BCUT2D eigenvalue weighted by Crippen LogP contribution is -2.13. The minimum absolute atomic E-state index is 0.510. The van der Waals surface area contributed by atoms with Gasteiger partial charge in [-0.15, -0.1) is 0 Å². The quantitative estimate of drug-likeness (QED) is 0.586. The summed E-state index contributed by atoms with van der Waals surface area (Å²) < 4.78 is 5.59. The van der Waals surface area contributed by atoms with Gasteiger partial charge in [0.15, 0.2) is 0 Å². The monoisotopic (exact) mass is 297 g/mol. The molecule has 0 aromatic carbocycles. The Morgan fingerprint density at radius 3 is 2.70 bits per heavy atom. The third kappa shape index (κ3) is 4.60. The summed E-state index contributed by atoms with van der Waals surface area (Å²) in [5, 5.41) is 3.86. The van der Waals surface area contributed by atoms with Crippen molar-refractivity contribution in [1.29, 1.82) is 0 Å². The Bertz CT molecular complexity index is 447. The van der Waals surface area contributed by atoms with Gasteiger partial charge < -0.3 is 10.1 Å². The van der Waals surface area contributed by atoms with Crippen molar-refractivity contribution < 1.29 is 4.74 Å². The summed E-state index contributed by atoms with van der Waals surface area (Å²) in [6.07, 6.45) is 3.46. The van der Waals surface area contributed by atoms with E-state index in [-0.39, 0.29) is 0 Å². The fourth-order valence-electron chi connectivity index (χ4n) is 1.86. The molecule has 1 aromatic rings. The van der Waals surface area contributed by atoms with E-state index in [2.05, 4.69) is 29.1 Å². The van der Waals surface area contributed by atoms with E-state index in [1.807, 2.05) is 6.92 Å². The summed E-state index contributed by atoms with van der Waals surface area (Å²) in [5.41, 5.74) is 0.915. The second kappa shape index (κ2) is 7.23. The van der Waals surface area contributed by atoms with E-state index in [4.69, 9.17) is 16.3 Å². The number of aromatic nitrogens is 2. The van der Waals surface area contributed by atoms with E-state index in [1.165, 1.54) is 12.8 Å². The lowest BCUT2D eigenvalue weighted by atomic mass is 10.1. The zero-order valence-electron chi connectivity index (χ0n) is 12.6. The highest BCUT2D eigenvalue weighted by atomic mass is 35.5. The Kier molecular flexibility index (Phi) is 5.61. The molecule has 1 heterocycles. The summed E-state index contributed by atoms with van der Waals surface area (Å²) in [7, 11) is 0. The van der Waals surface area contributed by atoms with Crippen molar-refractivity contribution in [2.45, 2.75) is 46.0 Å². The van der Waals surface area contributed by atoms with Gasteiger partial charge in [0.05, 0.1) is 6.61 Å². The molecule has 20 heavy (non-hydrogen) atoms. The highest BCUT2D eigenvalue weighted by Crippen LogP contribution is 2.39. The molecule has 4 nitrogen and oxygen atoms in total. The van der Waals surface area contributed by atoms with Crippen LogP contribution in [0.4, 0.5) is 5.82 Å². The number of hydrogen-bond acceptors (Lipinski definition) is 4. The molecule has 0 radical (unpaired) electrons. The Labute approximate surface area is 126 Å². The Morgan fingerprint density at radius 2 is 2.05 bits per heavy atom. The standard InChI is InChI=1S/C15H24ClN3O/c1-10(2)6-8-20-9-7-17-14-11(3)13(16)18-15(19-14)12-4-5-12/h10,12H,4-9H2,1-3H3,(H,17,18,19). The average Bonchev–Trinajstić information content (AvgIpc) is 3.22. The molecule has 0 amide bonds. The van der Waals surface area contributed by atoms with Gasteiger partial charge in [-0.1, -0.05) is 25.4 Å². The van der Waals surface area contributed by atoms with Crippen LogP contribution in [-0.4, -0.2) is 29.7 Å². The Balaban J connectivity index is 1.80. The molecule has 112 valence electrons. The second-order valence-electron chi connectivity index (χ2n) is 5.84. The zero-order valence-corrected chi connectivity index (χ0v) is 13.3. The molecule has 1 saturated carbocycles. The minimum atomic E-state index is 0.510. The Hall–Kier alpha value is -0.870. The molecule has 2 rings (SSSR count). The van der Waals surface area contributed by atoms with Gasteiger partial charge in [-0.2, -0.15) is 0 Å². The maximum atomic E-state index is 6.17. The van der Waals surface area contributed by atoms with E-state index < -0.39 is 0 Å². The van der Waals surface area contributed by atoms with Gasteiger partial charge in [-0.3, -0.25) is 0 Å². The molecule has 1 N–H and O–H groups in total. The summed E-state index contributed by atoms with van der Waals surface area (Å²) in [4.78, 5) is 8.93. The summed E-state index contributed by atoms with van der Waals surface area (Å²) in [5.74, 6) is 2.92. The van der Waals surface area contributed by atoms with E-state index >= 15 is 0 Å². The first kappa shape index (κ1) is 15.5. The molecule has 1 fully saturated rings. The van der Waals surface area contributed by atoms with Crippen molar-refractivity contribution >= 4 is 17.4 Å². The largest absolute Gasteiger partial charge is 0.380 e. The van der Waals surface area contributed by atoms with Crippen LogP contribution in [-0.2, 0) is 4.74 Å². The summed E-state index contributed by atoms with van der Waals surface area (Å²) in [6.45, 7) is 8.60. The van der Waals surface area contributed by atoms with Crippen LogP contribution in [0.1, 0.15) is 50.4 Å². The van der Waals surface area contributed by atoms with Gasteiger partial charge in [-0.25, -0.2) is 9.97 Å².